The predicted molar refractivity (Wildman–Crippen MR) is 77.9 cm³/mol. The van der Waals surface area contributed by atoms with Crippen LogP contribution in [0.25, 0.3) is 0 Å². The van der Waals surface area contributed by atoms with Crippen molar-refractivity contribution in [2.45, 2.75) is 38.2 Å². The lowest BCUT2D eigenvalue weighted by atomic mass is 9.87. The first-order valence-corrected chi connectivity index (χ1v) is 7.12. The molecule has 21 heavy (non-hydrogen) atoms. The molecule has 6 nitrogen and oxygen atoms in total. The number of rotatable bonds is 5. The number of likely N-dealkylation sites (tertiary alicyclic amines) is 1. The molecule has 0 saturated carbocycles. The molecule has 0 aliphatic carbocycles. The van der Waals surface area contributed by atoms with Crippen LogP contribution in [-0.2, 0) is 4.79 Å². The summed E-state index contributed by atoms with van der Waals surface area (Å²) in [5, 5.41) is 20.9. The zero-order valence-electron chi connectivity index (χ0n) is 12.3. The van der Waals surface area contributed by atoms with E-state index in [4.69, 9.17) is 0 Å². The summed E-state index contributed by atoms with van der Waals surface area (Å²) in [6.45, 7) is 4.42. The Hall–Kier alpha value is -1.95. The molecular formula is C15H20N2O4. The average molecular weight is 292 g/mol. The number of non-ortho nitro benzene ring substituents is 1. The van der Waals surface area contributed by atoms with Gasteiger partial charge in [0.25, 0.3) is 5.69 Å². The minimum absolute atomic E-state index is 0.0155. The zero-order chi connectivity index (χ0) is 15.6. The molecule has 114 valence electrons. The zero-order valence-corrected chi connectivity index (χ0v) is 12.3. The van der Waals surface area contributed by atoms with Crippen LogP contribution in [-0.4, -0.2) is 39.5 Å². The molecule has 1 fully saturated rings. The third-order valence-electron chi connectivity index (χ3n) is 3.95. The Morgan fingerprint density at radius 2 is 2.19 bits per heavy atom. The van der Waals surface area contributed by atoms with Crippen molar-refractivity contribution in [3.8, 4) is 0 Å². The van der Waals surface area contributed by atoms with E-state index in [9.17, 15) is 20.0 Å². The second kappa shape index (κ2) is 5.81. The number of nitro groups is 1. The van der Waals surface area contributed by atoms with Gasteiger partial charge in [-0.05, 0) is 18.9 Å². The molecule has 1 unspecified atom stereocenters. The molecule has 6 heteroatoms. The molecule has 1 N–H and O–H groups in total. The summed E-state index contributed by atoms with van der Waals surface area (Å²) in [6, 6.07) is 6.14. The number of nitro benzene ring substituents is 1. The van der Waals surface area contributed by atoms with Gasteiger partial charge in [0.15, 0.2) is 0 Å². The molecule has 1 aromatic carbocycles. The number of hydrogen-bond donors (Lipinski definition) is 1. The Morgan fingerprint density at radius 1 is 1.52 bits per heavy atom. The van der Waals surface area contributed by atoms with E-state index in [-0.39, 0.29) is 11.6 Å². The van der Waals surface area contributed by atoms with E-state index >= 15 is 0 Å². The Bertz CT molecular complexity index is 552. The largest absolute Gasteiger partial charge is 0.386 e. The third-order valence-corrected chi connectivity index (χ3v) is 3.95. The topological polar surface area (TPSA) is 83.7 Å². The van der Waals surface area contributed by atoms with E-state index in [1.54, 1.807) is 24.0 Å². The van der Waals surface area contributed by atoms with Gasteiger partial charge in [-0.3, -0.25) is 14.9 Å². The molecule has 1 saturated heterocycles. The van der Waals surface area contributed by atoms with Crippen molar-refractivity contribution in [2.75, 3.05) is 13.1 Å². The fraction of sp³-hybridized carbons (Fsp3) is 0.533. The molecule has 1 aromatic rings. The smallest absolute Gasteiger partial charge is 0.269 e. The van der Waals surface area contributed by atoms with E-state index in [1.807, 2.05) is 6.92 Å². The van der Waals surface area contributed by atoms with Crippen molar-refractivity contribution >= 4 is 11.6 Å². The van der Waals surface area contributed by atoms with Gasteiger partial charge in [-0.2, -0.15) is 0 Å². The summed E-state index contributed by atoms with van der Waals surface area (Å²) < 4.78 is 0. The summed E-state index contributed by atoms with van der Waals surface area (Å²) in [6.07, 6.45) is 1.56. The fourth-order valence-electron chi connectivity index (χ4n) is 2.77. The van der Waals surface area contributed by atoms with Gasteiger partial charge in [-0.25, -0.2) is 0 Å². The van der Waals surface area contributed by atoms with Crippen LogP contribution in [0.2, 0.25) is 0 Å². The second-order valence-corrected chi connectivity index (χ2v) is 5.74. The summed E-state index contributed by atoms with van der Waals surface area (Å²) >= 11 is 0. The fourth-order valence-corrected chi connectivity index (χ4v) is 2.77. The lowest BCUT2D eigenvalue weighted by Crippen LogP contribution is -2.64. The van der Waals surface area contributed by atoms with Crippen molar-refractivity contribution in [3.63, 3.8) is 0 Å². The number of hydrogen-bond acceptors (Lipinski definition) is 4. The molecular weight excluding hydrogens is 272 g/mol. The van der Waals surface area contributed by atoms with Crippen LogP contribution in [0.1, 0.15) is 38.2 Å². The Labute approximate surface area is 123 Å². The number of nitrogens with zero attached hydrogens (tertiary/aromatic N) is 2. The highest BCUT2D eigenvalue weighted by Crippen LogP contribution is 2.30. The lowest BCUT2D eigenvalue weighted by molar-refractivity contribution is -0.384. The average Bonchev–Trinajstić information content (AvgIpc) is 2.43. The van der Waals surface area contributed by atoms with E-state index < -0.39 is 16.4 Å². The molecule has 1 atom stereocenters. The maximum absolute atomic E-state index is 12.3. The van der Waals surface area contributed by atoms with Gasteiger partial charge in [0.2, 0.25) is 5.91 Å². The first kappa shape index (κ1) is 15.4. The minimum Gasteiger partial charge on any atom is -0.386 e. The number of amides is 1. The minimum atomic E-state index is -0.757. The lowest BCUT2D eigenvalue weighted by Gasteiger charge is -2.47. The number of benzene rings is 1. The molecule has 1 aliphatic rings. The molecule has 0 radical (unpaired) electrons. The summed E-state index contributed by atoms with van der Waals surface area (Å²) in [4.78, 5) is 24.3. The summed E-state index contributed by atoms with van der Waals surface area (Å²) in [5.41, 5.74) is -0.148. The van der Waals surface area contributed by atoms with Crippen LogP contribution < -0.4 is 0 Å². The van der Waals surface area contributed by atoms with Gasteiger partial charge >= 0.3 is 0 Å². The highest BCUT2D eigenvalue weighted by molar-refractivity contribution is 5.84. The van der Waals surface area contributed by atoms with Crippen molar-refractivity contribution in [3.05, 3.63) is 39.9 Å². The third kappa shape index (κ3) is 3.21. The summed E-state index contributed by atoms with van der Waals surface area (Å²) in [7, 11) is 0. The van der Waals surface area contributed by atoms with Gasteiger partial charge in [-0.1, -0.05) is 25.5 Å². The Balaban J connectivity index is 2.04. The number of carbonyl (C=O) groups excluding carboxylic acids is 1. The number of β-amino-alcohol motifs (C(OH)–C–C–N with tert-alkyl or cyclic N) is 1. The first-order chi connectivity index (χ1) is 9.86. The first-order valence-electron chi connectivity index (χ1n) is 7.12. The van der Waals surface area contributed by atoms with Gasteiger partial charge < -0.3 is 10.0 Å². The normalized spacial score (nSPS) is 18.0. The van der Waals surface area contributed by atoms with Crippen LogP contribution in [0.5, 0.6) is 0 Å². The predicted octanol–water partition coefficient (Wildman–Crippen LogP) is 2.07. The van der Waals surface area contributed by atoms with E-state index in [1.165, 1.54) is 12.1 Å². The molecule has 0 bridgehead atoms. The van der Waals surface area contributed by atoms with E-state index in [0.717, 1.165) is 6.42 Å². The van der Waals surface area contributed by atoms with Crippen molar-refractivity contribution in [2.24, 2.45) is 0 Å². The maximum Gasteiger partial charge on any atom is 0.269 e. The van der Waals surface area contributed by atoms with Crippen molar-refractivity contribution < 1.29 is 14.8 Å². The van der Waals surface area contributed by atoms with Crippen LogP contribution in [0.3, 0.4) is 0 Å². The van der Waals surface area contributed by atoms with Crippen molar-refractivity contribution in [1.82, 2.24) is 4.90 Å². The van der Waals surface area contributed by atoms with Crippen LogP contribution in [0, 0.1) is 10.1 Å². The highest BCUT2D eigenvalue weighted by Gasteiger charge is 2.43. The van der Waals surface area contributed by atoms with Crippen LogP contribution in [0.4, 0.5) is 5.69 Å². The molecule has 2 rings (SSSR count). The van der Waals surface area contributed by atoms with Crippen molar-refractivity contribution in [1.29, 1.82) is 0 Å². The monoisotopic (exact) mass is 292 g/mol. The Kier molecular flexibility index (Phi) is 4.27. The molecule has 1 heterocycles. The highest BCUT2D eigenvalue weighted by atomic mass is 16.6. The quantitative estimate of drug-likeness (QED) is 0.665. The van der Waals surface area contributed by atoms with Crippen LogP contribution in [0.15, 0.2) is 24.3 Å². The van der Waals surface area contributed by atoms with E-state index in [0.29, 0.717) is 25.1 Å². The molecule has 1 amide bonds. The number of aliphatic hydroxyl groups is 1. The molecule has 0 spiro atoms. The van der Waals surface area contributed by atoms with E-state index in [2.05, 4.69) is 0 Å². The molecule has 0 aromatic heterocycles. The van der Waals surface area contributed by atoms with Gasteiger partial charge in [0.1, 0.15) is 0 Å². The van der Waals surface area contributed by atoms with Gasteiger partial charge in [-0.15, -0.1) is 0 Å². The number of carbonyl (C=O) groups is 1. The second-order valence-electron chi connectivity index (χ2n) is 5.74. The Morgan fingerprint density at radius 3 is 2.76 bits per heavy atom. The van der Waals surface area contributed by atoms with Crippen LogP contribution >= 0.6 is 0 Å². The van der Waals surface area contributed by atoms with Gasteiger partial charge in [0, 0.05) is 12.1 Å². The molecule has 1 aliphatic heterocycles. The standard InChI is InChI=1S/C15H20N2O4/c1-3-7-15(19)9-16(10-15)14(18)11(2)12-5-4-6-13(8-12)17(20)21/h4-6,8,11,19H,3,7,9-10H2,1-2H3. The SMILES string of the molecule is CCCC1(O)CN(C(=O)C(C)c2cccc([N+](=O)[O-])c2)C1. The maximum atomic E-state index is 12.3. The van der Waals surface area contributed by atoms with Gasteiger partial charge in [0.05, 0.1) is 29.5 Å². The summed E-state index contributed by atoms with van der Waals surface area (Å²) in [5.74, 6) is -0.549.